The summed E-state index contributed by atoms with van der Waals surface area (Å²) < 4.78 is 0.944. The first-order valence-corrected chi connectivity index (χ1v) is 9.15. The maximum Gasteiger partial charge on any atom is 4.00 e. The van der Waals surface area contributed by atoms with Gasteiger partial charge >= 0.3 is 25.8 Å². The van der Waals surface area contributed by atoms with Crippen LogP contribution in [0.25, 0.3) is 15.7 Å². The van der Waals surface area contributed by atoms with Gasteiger partial charge in [-0.2, -0.15) is 35.2 Å². The molecular weight excluding hydrogens is 535 g/mol. The zero-order valence-electron chi connectivity index (χ0n) is 13.6. The van der Waals surface area contributed by atoms with Crippen LogP contribution < -0.4 is 0 Å². The number of nitrogens with zero attached hydrogens (tertiary/aromatic N) is 3. The number of halogens is 1. The summed E-state index contributed by atoms with van der Waals surface area (Å²) in [4.78, 5) is 0. The molecule has 0 aromatic carbocycles. The Morgan fingerprint density at radius 1 is 1.05 bits per heavy atom. The average molecular weight is 566 g/mol. The van der Waals surface area contributed by atoms with Gasteiger partial charge in [-0.25, -0.2) is 8.07 Å². The predicted octanol–water partition coefficient (Wildman–Crippen LogP) is 5.31. The van der Waals surface area contributed by atoms with Crippen molar-refractivity contribution in [2.24, 2.45) is 5.92 Å². The zero-order chi connectivity index (χ0) is 13.7. The van der Waals surface area contributed by atoms with E-state index in [-0.39, 0.29) is 41.3 Å². The molecule has 2 unspecified atom stereocenters. The van der Waals surface area contributed by atoms with Gasteiger partial charge in [0, 0.05) is 3.92 Å². The summed E-state index contributed by atoms with van der Waals surface area (Å²) in [5.74, 6) is 0.982. The molecule has 0 aromatic rings. The molecule has 19 heavy (non-hydrogen) atoms. The molecule has 0 N–H and O–H groups in total. The van der Waals surface area contributed by atoms with E-state index in [1.807, 2.05) is 7.05 Å². The molecule has 3 atom stereocenters. The van der Waals surface area contributed by atoms with E-state index >= 15 is 0 Å². The summed E-state index contributed by atoms with van der Waals surface area (Å²) >= 11 is 2.61. The first-order valence-electron chi connectivity index (χ1n) is 5.98. The quantitative estimate of drug-likeness (QED) is 0.146. The number of rotatable bonds is 3. The minimum atomic E-state index is 0. The predicted molar refractivity (Wildman–Crippen MR) is 99.0 cm³/mol. The third kappa shape index (κ3) is 19.9. The van der Waals surface area contributed by atoms with E-state index < -0.39 is 0 Å². The van der Waals surface area contributed by atoms with E-state index in [9.17, 15) is 0 Å². The van der Waals surface area contributed by atoms with Crippen molar-refractivity contribution in [3.05, 3.63) is 23.1 Å². The minimum Gasteiger partial charge on any atom is -0.668 e. The Labute approximate surface area is 156 Å². The molecule has 114 valence electrons. The van der Waals surface area contributed by atoms with Crippen molar-refractivity contribution in [1.29, 1.82) is 0 Å². The third-order valence-electron chi connectivity index (χ3n) is 2.41. The first-order chi connectivity index (χ1) is 8.06. The molecule has 1 fully saturated rings. The largest absolute Gasteiger partial charge is 4.00 e. The minimum absolute atomic E-state index is 0. The Bertz CT molecular complexity index is 154. The van der Waals surface area contributed by atoms with Crippen molar-refractivity contribution in [2.45, 2.75) is 23.2 Å². The molecule has 0 aromatic heterocycles. The van der Waals surface area contributed by atoms with Crippen molar-refractivity contribution in [2.75, 3.05) is 48.1 Å². The molecule has 1 aliphatic carbocycles. The Hall–Kier alpha value is 1.91. The summed E-state index contributed by atoms with van der Waals surface area (Å²) in [5, 5.41) is 11.3. The molecule has 0 radical (unpaired) electrons. The van der Waals surface area contributed by atoms with Gasteiger partial charge in [0.1, 0.15) is 0 Å². The fraction of sp³-hybridized carbons (Fsp3) is 0.923. The van der Waals surface area contributed by atoms with Gasteiger partial charge in [-0.15, -0.1) is 0 Å². The Morgan fingerprint density at radius 3 is 1.74 bits per heavy atom. The van der Waals surface area contributed by atoms with E-state index in [2.05, 4.69) is 45.0 Å². The van der Waals surface area contributed by atoms with Crippen LogP contribution in [-0.2, 0) is 25.8 Å². The fourth-order valence-electron chi connectivity index (χ4n) is 1.62. The van der Waals surface area contributed by atoms with Gasteiger partial charge in [-0.1, -0.05) is 35.7 Å². The third-order valence-corrected chi connectivity index (χ3v) is 5.73. The van der Waals surface area contributed by atoms with Gasteiger partial charge in [-0.3, -0.25) is 0 Å². The van der Waals surface area contributed by atoms with Gasteiger partial charge in [0.05, 0.1) is 0 Å². The zero-order valence-corrected chi connectivity index (χ0v) is 20.3. The van der Waals surface area contributed by atoms with Crippen molar-refractivity contribution in [3.8, 4) is 0 Å². The van der Waals surface area contributed by atoms with Crippen LogP contribution in [-0.4, -0.2) is 52.0 Å². The molecule has 0 aliphatic heterocycles. The second-order valence-electron chi connectivity index (χ2n) is 4.14. The Balaban J connectivity index is -0.000000122. The summed E-state index contributed by atoms with van der Waals surface area (Å²) in [6, 6.07) is 0. The van der Waals surface area contributed by atoms with Crippen LogP contribution in [0, 0.1) is 13.3 Å². The SMILES string of the molecule is C[N-]C.C[N-]C.C[N-]P(C)C[C@@H]1CCCC1I.[CH3-].[Hf+4]. The molecule has 0 amide bonds. The van der Waals surface area contributed by atoms with Crippen LogP contribution in [0.1, 0.15) is 19.3 Å². The van der Waals surface area contributed by atoms with Crippen LogP contribution in [0.5, 0.6) is 0 Å². The van der Waals surface area contributed by atoms with E-state index in [0.717, 1.165) is 9.84 Å². The van der Waals surface area contributed by atoms with Crippen molar-refractivity contribution in [3.63, 3.8) is 0 Å². The Kier molecular flexibility index (Phi) is 33.9. The molecule has 3 nitrogen and oxygen atoms in total. The van der Waals surface area contributed by atoms with Gasteiger partial charge in [0.2, 0.25) is 0 Å². The van der Waals surface area contributed by atoms with Crippen LogP contribution in [0.2, 0.25) is 0 Å². The summed E-state index contributed by atoms with van der Waals surface area (Å²) in [7, 11) is 8.97. The molecule has 1 rings (SSSR count). The average Bonchev–Trinajstić information content (AvgIpc) is 2.66. The van der Waals surface area contributed by atoms with Crippen molar-refractivity contribution >= 4 is 30.7 Å². The maximum atomic E-state index is 4.35. The van der Waals surface area contributed by atoms with Crippen LogP contribution in [0.4, 0.5) is 0 Å². The van der Waals surface area contributed by atoms with E-state index in [1.165, 1.54) is 25.4 Å². The van der Waals surface area contributed by atoms with Gasteiger partial charge in [0.15, 0.2) is 0 Å². The van der Waals surface area contributed by atoms with Crippen molar-refractivity contribution in [1.82, 2.24) is 0 Å². The van der Waals surface area contributed by atoms with Crippen LogP contribution in [0.3, 0.4) is 0 Å². The molecule has 1 aliphatic rings. The number of hydrogen-bond donors (Lipinski definition) is 0. The molecule has 0 spiro atoms. The summed E-state index contributed by atoms with van der Waals surface area (Å²) in [6.07, 6.45) is 5.72. The van der Waals surface area contributed by atoms with Gasteiger partial charge < -0.3 is 23.1 Å². The van der Waals surface area contributed by atoms with E-state index in [4.69, 9.17) is 0 Å². The van der Waals surface area contributed by atoms with Crippen molar-refractivity contribution < 1.29 is 25.8 Å². The monoisotopic (exact) mass is 567 g/mol. The molecule has 6 heteroatoms. The summed E-state index contributed by atoms with van der Waals surface area (Å²) in [5.41, 5.74) is 0. The fourth-order valence-corrected chi connectivity index (χ4v) is 4.35. The molecule has 0 saturated heterocycles. The van der Waals surface area contributed by atoms with E-state index in [1.54, 1.807) is 28.2 Å². The van der Waals surface area contributed by atoms with Gasteiger partial charge in [0.25, 0.3) is 0 Å². The van der Waals surface area contributed by atoms with E-state index in [0.29, 0.717) is 0 Å². The normalized spacial score (nSPS) is 21.6. The van der Waals surface area contributed by atoms with Crippen LogP contribution >= 0.6 is 30.7 Å². The number of hydrogen-bond acceptors (Lipinski definition) is 0. The second kappa shape index (κ2) is 22.2. The molecular formula is C13H31HfIN3P. The van der Waals surface area contributed by atoms with Gasteiger partial charge in [-0.05, 0) is 24.9 Å². The summed E-state index contributed by atoms with van der Waals surface area (Å²) in [6.45, 7) is 2.29. The first kappa shape index (κ1) is 29.0. The van der Waals surface area contributed by atoms with Crippen LogP contribution in [0.15, 0.2) is 0 Å². The molecule has 0 heterocycles. The smallest absolute Gasteiger partial charge is 0.668 e. The second-order valence-corrected chi connectivity index (χ2v) is 7.82. The topological polar surface area (TPSA) is 42.3 Å². The Morgan fingerprint density at radius 2 is 1.47 bits per heavy atom. The maximum absolute atomic E-state index is 4.35. The number of alkyl halides is 1. The molecule has 1 saturated carbocycles. The molecule has 0 bridgehead atoms. The standard InChI is InChI=1S/C8H16INP.2C2H6N.CH3.Hf/c1-10-11(2)6-7-4-3-5-8(7)9;2*1-3-2;;/h7-8H,3-6H2,1-2H3;2*1-2H3;1H3;/q4*-1;+4/t7-,8?,11?;;;;/m0..../s1.